The van der Waals surface area contributed by atoms with Gasteiger partial charge in [-0.15, -0.1) is 0 Å². The van der Waals surface area contributed by atoms with E-state index >= 15 is 0 Å². The predicted molar refractivity (Wildman–Crippen MR) is 142 cm³/mol. The van der Waals surface area contributed by atoms with E-state index in [1.54, 1.807) is 38.3 Å². The molecule has 8 nitrogen and oxygen atoms in total. The molecule has 4 rings (SSSR count). The number of fused-ring (bicyclic) bond motifs is 1. The topological polar surface area (TPSA) is 92.0 Å². The average Bonchev–Trinajstić information content (AvgIpc) is 2.89. The van der Waals surface area contributed by atoms with E-state index in [1.165, 1.54) is 18.2 Å². The highest BCUT2D eigenvalue weighted by Gasteiger charge is 2.23. The van der Waals surface area contributed by atoms with Gasteiger partial charge in [0.15, 0.2) is 17.6 Å². The normalized spacial score (nSPS) is 15.2. The van der Waals surface area contributed by atoms with Gasteiger partial charge in [0, 0.05) is 16.0 Å². The minimum Gasteiger partial charge on any atom is -0.493 e. The monoisotopic (exact) mass is 555 g/mol. The first kappa shape index (κ1) is 25.9. The Kier molecular flexibility index (Phi) is 8.40. The zero-order chi connectivity index (χ0) is 25.7. The Hall–Kier alpha value is -3.20. The lowest BCUT2D eigenvalue weighted by atomic mass is 9.88. The number of carbonyl (C=O) groups is 1. The molecule has 3 aromatic rings. The Bertz CT molecular complexity index is 1330. The summed E-state index contributed by atoms with van der Waals surface area (Å²) in [6, 6.07) is 10.9. The molecule has 1 saturated carbocycles. The van der Waals surface area contributed by atoms with Crippen molar-refractivity contribution in [3.8, 4) is 11.5 Å². The standard InChI is InChI=1S/C27H30BrN3O5/c1-4-35-27(33)17(2)36-24-19(14-20(28)15-23(24)34-3)16-29-31-25(18-10-6-5-7-11-18)30-22-13-9-8-12-21(22)26(31)32/h8-9,12-18H,4-7,10-11H2,1-3H3/t17-/m0/s1. The molecular formula is C27H30BrN3O5. The fourth-order valence-electron chi connectivity index (χ4n) is 4.44. The Morgan fingerprint density at radius 2 is 2.00 bits per heavy atom. The second-order valence-electron chi connectivity index (χ2n) is 8.72. The fraction of sp³-hybridized carbons (Fsp3) is 0.407. The highest BCUT2D eigenvalue weighted by atomic mass is 79.9. The Morgan fingerprint density at radius 1 is 1.25 bits per heavy atom. The molecule has 0 unspecified atom stereocenters. The summed E-state index contributed by atoms with van der Waals surface area (Å²) in [7, 11) is 1.52. The Labute approximate surface area is 218 Å². The van der Waals surface area contributed by atoms with Crippen molar-refractivity contribution in [3.05, 3.63) is 62.6 Å². The molecule has 0 aliphatic heterocycles. The third kappa shape index (κ3) is 5.61. The lowest BCUT2D eigenvalue weighted by Crippen LogP contribution is -2.27. The minimum absolute atomic E-state index is 0.157. The van der Waals surface area contributed by atoms with E-state index in [1.807, 2.05) is 18.2 Å². The minimum atomic E-state index is -0.866. The van der Waals surface area contributed by atoms with Gasteiger partial charge in [-0.25, -0.2) is 9.78 Å². The van der Waals surface area contributed by atoms with Crippen LogP contribution in [0.2, 0.25) is 0 Å². The van der Waals surface area contributed by atoms with Crippen molar-refractivity contribution in [2.24, 2.45) is 5.10 Å². The van der Waals surface area contributed by atoms with Crippen molar-refractivity contribution in [2.45, 2.75) is 58.0 Å². The number of halogens is 1. The molecule has 0 bridgehead atoms. The van der Waals surface area contributed by atoms with Gasteiger partial charge in [0.1, 0.15) is 5.82 Å². The van der Waals surface area contributed by atoms with E-state index in [-0.39, 0.29) is 18.1 Å². The van der Waals surface area contributed by atoms with Crippen molar-refractivity contribution in [1.29, 1.82) is 0 Å². The molecule has 0 amide bonds. The Balaban J connectivity index is 1.81. The van der Waals surface area contributed by atoms with Crippen LogP contribution in [0.25, 0.3) is 10.9 Å². The third-order valence-electron chi connectivity index (χ3n) is 6.24. The summed E-state index contributed by atoms with van der Waals surface area (Å²) >= 11 is 3.49. The van der Waals surface area contributed by atoms with Crippen molar-refractivity contribution in [2.75, 3.05) is 13.7 Å². The predicted octanol–water partition coefficient (Wildman–Crippen LogP) is 5.43. The summed E-state index contributed by atoms with van der Waals surface area (Å²) in [5.41, 5.74) is 0.986. The van der Waals surface area contributed by atoms with Gasteiger partial charge in [-0.3, -0.25) is 4.79 Å². The van der Waals surface area contributed by atoms with Gasteiger partial charge < -0.3 is 14.2 Å². The lowest BCUT2D eigenvalue weighted by molar-refractivity contribution is -0.150. The number of rotatable bonds is 8. The number of nitrogens with zero attached hydrogens (tertiary/aromatic N) is 3. The van der Waals surface area contributed by atoms with Gasteiger partial charge in [-0.2, -0.15) is 9.78 Å². The van der Waals surface area contributed by atoms with E-state index in [0.29, 0.717) is 33.8 Å². The molecule has 1 fully saturated rings. The SMILES string of the molecule is CCOC(=O)[C@H](C)Oc1c(C=Nn2c(C3CCCCC3)nc3ccccc3c2=O)cc(Br)cc1OC. The van der Waals surface area contributed by atoms with Gasteiger partial charge in [-0.1, -0.05) is 47.3 Å². The van der Waals surface area contributed by atoms with Crippen LogP contribution in [0.15, 0.2) is 50.8 Å². The molecule has 0 saturated heterocycles. The van der Waals surface area contributed by atoms with Crippen LogP contribution in [-0.4, -0.2) is 41.7 Å². The molecular weight excluding hydrogens is 526 g/mol. The second-order valence-corrected chi connectivity index (χ2v) is 9.64. The zero-order valence-corrected chi connectivity index (χ0v) is 22.3. The van der Waals surface area contributed by atoms with Crippen molar-refractivity contribution in [3.63, 3.8) is 0 Å². The number of benzene rings is 2. The molecule has 0 radical (unpaired) electrons. The van der Waals surface area contributed by atoms with Gasteiger partial charge in [-0.05, 0) is 51.0 Å². The summed E-state index contributed by atoms with van der Waals surface area (Å²) in [6.45, 7) is 3.60. The van der Waals surface area contributed by atoms with Crippen LogP contribution in [0.5, 0.6) is 11.5 Å². The first-order valence-corrected chi connectivity index (χ1v) is 13.0. The summed E-state index contributed by atoms with van der Waals surface area (Å²) in [6.07, 6.45) is 6.01. The van der Waals surface area contributed by atoms with Crippen LogP contribution in [0.4, 0.5) is 0 Å². The van der Waals surface area contributed by atoms with Crippen LogP contribution in [0, 0.1) is 0 Å². The maximum Gasteiger partial charge on any atom is 0.347 e. The van der Waals surface area contributed by atoms with Crippen molar-refractivity contribution >= 4 is 39.0 Å². The van der Waals surface area contributed by atoms with Crippen LogP contribution < -0.4 is 15.0 Å². The zero-order valence-electron chi connectivity index (χ0n) is 20.7. The third-order valence-corrected chi connectivity index (χ3v) is 6.70. The summed E-state index contributed by atoms with van der Waals surface area (Å²) in [5, 5.41) is 5.12. The molecule has 0 spiro atoms. The molecule has 1 aliphatic rings. The van der Waals surface area contributed by atoms with E-state index in [0.717, 1.165) is 30.2 Å². The van der Waals surface area contributed by atoms with Gasteiger partial charge >= 0.3 is 5.97 Å². The van der Waals surface area contributed by atoms with Crippen LogP contribution >= 0.6 is 15.9 Å². The van der Waals surface area contributed by atoms with Crippen molar-refractivity contribution in [1.82, 2.24) is 9.66 Å². The number of methoxy groups -OCH3 is 1. The maximum absolute atomic E-state index is 13.5. The largest absolute Gasteiger partial charge is 0.493 e. The van der Waals surface area contributed by atoms with Crippen LogP contribution in [0.3, 0.4) is 0 Å². The molecule has 1 heterocycles. The van der Waals surface area contributed by atoms with Crippen molar-refractivity contribution < 1.29 is 19.0 Å². The highest BCUT2D eigenvalue weighted by molar-refractivity contribution is 9.10. The number of esters is 1. The number of hydrogen-bond acceptors (Lipinski definition) is 7. The molecule has 1 aromatic heterocycles. The Morgan fingerprint density at radius 3 is 2.72 bits per heavy atom. The molecule has 190 valence electrons. The van der Waals surface area contributed by atoms with Gasteiger partial charge in [0.25, 0.3) is 5.56 Å². The maximum atomic E-state index is 13.5. The van der Waals surface area contributed by atoms with Crippen LogP contribution in [-0.2, 0) is 9.53 Å². The number of aromatic nitrogens is 2. The quantitative estimate of drug-likeness (QED) is 0.272. The molecule has 1 atom stereocenters. The molecule has 36 heavy (non-hydrogen) atoms. The number of carbonyl (C=O) groups excluding carboxylic acids is 1. The number of para-hydroxylation sites is 1. The van der Waals surface area contributed by atoms with Crippen LogP contribution in [0.1, 0.15) is 63.3 Å². The van der Waals surface area contributed by atoms with Gasteiger partial charge in [0.2, 0.25) is 0 Å². The first-order chi connectivity index (χ1) is 17.4. The number of hydrogen-bond donors (Lipinski definition) is 0. The highest BCUT2D eigenvalue weighted by Crippen LogP contribution is 2.35. The molecule has 9 heteroatoms. The smallest absolute Gasteiger partial charge is 0.347 e. The molecule has 0 N–H and O–H groups in total. The van der Waals surface area contributed by atoms with E-state index < -0.39 is 12.1 Å². The van der Waals surface area contributed by atoms with Gasteiger partial charge in [0.05, 0.1) is 30.8 Å². The van der Waals surface area contributed by atoms with E-state index in [9.17, 15) is 9.59 Å². The number of ether oxygens (including phenoxy) is 3. The second kappa shape index (κ2) is 11.7. The first-order valence-electron chi connectivity index (χ1n) is 12.2. The lowest BCUT2D eigenvalue weighted by Gasteiger charge is -2.23. The fourth-order valence-corrected chi connectivity index (χ4v) is 4.90. The molecule has 1 aliphatic carbocycles. The molecule has 2 aromatic carbocycles. The van der Waals surface area contributed by atoms with E-state index in [2.05, 4.69) is 21.0 Å². The summed E-state index contributed by atoms with van der Waals surface area (Å²) < 4.78 is 18.7. The average molecular weight is 556 g/mol. The summed E-state index contributed by atoms with van der Waals surface area (Å²) in [5.74, 6) is 1.08. The summed E-state index contributed by atoms with van der Waals surface area (Å²) in [4.78, 5) is 30.6. The van der Waals surface area contributed by atoms with E-state index in [4.69, 9.17) is 19.2 Å².